The summed E-state index contributed by atoms with van der Waals surface area (Å²) < 4.78 is 0. The Balaban J connectivity index is 2.75. The van der Waals surface area contributed by atoms with Gasteiger partial charge in [-0.15, -0.1) is 27.7 Å². The second-order valence-electron chi connectivity index (χ2n) is 1.23. The van der Waals surface area contributed by atoms with Gasteiger partial charge in [-0.05, 0) is 18.0 Å². The summed E-state index contributed by atoms with van der Waals surface area (Å²) >= 11 is 0. The minimum Gasteiger partial charge on any atom is -0.137 e. The van der Waals surface area contributed by atoms with E-state index in [1.165, 1.54) is 12.3 Å². The Labute approximate surface area is 46.5 Å². The lowest BCUT2D eigenvalue weighted by molar-refractivity contribution is 1.16. The molecule has 38 valence electrons. The Morgan fingerprint density at radius 2 is 1.50 bits per heavy atom. The van der Waals surface area contributed by atoms with Gasteiger partial charge < -0.3 is 0 Å². The Hall–Kier alpha value is 1.29. The van der Waals surface area contributed by atoms with Gasteiger partial charge in [0, 0.05) is 0 Å². The summed E-state index contributed by atoms with van der Waals surface area (Å²) in [7, 11) is 8.18. The molecule has 0 amide bonds. The van der Waals surface area contributed by atoms with Crippen LogP contribution in [0.3, 0.4) is 0 Å². The number of rotatable bonds is 2. The van der Waals surface area contributed by atoms with Gasteiger partial charge in [0.2, 0.25) is 0 Å². The van der Waals surface area contributed by atoms with Crippen molar-refractivity contribution in [2.45, 2.75) is 5.66 Å². The molecule has 0 saturated heterocycles. The van der Waals surface area contributed by atoms with Crippen molar-refractivity contribution in [2.75, 3.05) is 12.3 Å². The monoisotopic (exact) mass is 140 g/mol. The molecule has 0 radical (unpaired) electrons. The largest absolute Gasteiger partial charge is 0.137 e. The minimum atomic E-state index is 0.778. The van der Waals surface area contributed by atoms with E-state index in [1.54, 1.807) is 0 Å². The Bertz CT molecular complexity index is 25.2. The summed E-state index contributed by atoms with van der Waals surface area (Å²) in [6, 6.07) is 0. The van der Waals surface area contributed by atoms with E-state index in [2.05, 4.69) is 27.7 Å². The van der Waals surface area contributed by atoms with E-state index in [9.17, 15) is 0 Å². The summed E-state index contributed by atoms with van der Waals surface area (Å²) in [4.78, 5) is 0. The molecule has 0 aromatic carbocycles. The lowest BCUT2D eigenvalue weighted by Crippen LogP contribution is -1.97. The summed E-state index contributed by atoms with van der Waals surface area (Å²) in [5, 5.41) is 0. The van der Waals surface area contributed by atoms with Crippen molar-refractivity contribution in [3.05, 3.63) is 0 Å². The second-order valence-corrected chi connectivity index (χ2v) is 3.12. The SMILES string of the molecule is PCC(P)CP. The number of hydrogen-bond donors (Lipinski definition) is 0. The van der Waals surface area contributed by atoms with Gasteiger partial charge in [-0.1, -0.05) is 0 Å². The highest BCUT2D eigenvalue weighted by Crippen LogP contribution is 2.05. The Morgan fingerprint density at radius 3 is 1.50 bits per heavy atom. The minimum absolute atomic E-state index is 0.778. The van der Waals surface area contributed by atoms with Crippen molar-refractivity contribution < 1.29 is 0 Å². The molecule has 3 unspecified atom stereocenters. The van der Waals surface area contributed by atoms with Crippen LogP contribution in [0.15, 0.2) is 0 Å². The zero-order valence-corrected chi connectivity index (χ0v) is 7.19. The fourth-order valence-electron chi connectivity index (χ4n) is 0.0962. The predicted octanol–water partition coefficient (Wildman–Crippen LogP) is 0.980. The van der Waals surface area contributed by atoms with Gasteiger partial charge in [0.1, 0.15) is 0 Å². The highest BCUT2D eigenvalue weighted by molar-refractivity contribution is 7.25. The van der Waals surface area contributed by atoms with Crippen molar-refractivity contribution >= 4 is 27.7 Å². The molecule has 0 aliphatic rings. The van der Waals surface area contributed by atoms with Gasteiger partial charge in [0.15, 0.2) is 0 Å². The first-order chi connectivity index (χ1) is 2.81. The molecule has 0 fully saturated rings. The average Bonchev–Trinajstić information content (AvgIpc) is 1.65. The van der Waals surface area contributed by atoms with Crippen molar-refractivity contribution in [1.82, 2.24) is 0 Å². The van der Waals surface area contributed by atoms with Crippen LogP contribution < -0.4 is 0 Å². The van der Waals surface area contributed by atoms with Crippen molar-refractivity contribution in [3.8, 4) is 0 Å². The maximum Gasteiger partial charge on any atom is -0.0195 e. The Morgan fingerprint density at radius 1 is 1.17 bits per heavy atom. The first-order valence-electron chi connectivity index (χ1n) is 1.97. The molecule has 0 nitrogen and oxygen atoms in total. The van der Waals surface area contributed by atoms with Gasteiger partial charge in [0.25, 0.3) is 0 Å². The van der Waals surface area contributed by atoms with Crippen LogP contribution in [-0.2, 0) is 0 Å². The van der Waals surface area contributed by atoms with Crippen LogP contribution in [0, 0.1) is 0 Å². The molecule has 0 rings (SSSR count). The van der Waals surface area contributed by atoms with Crippen molar-refractivity contribution in [2.24, 2.45) is 0 Å². The van der Waals surface area contributed by atoms with E-state index < -0.39 is 0 Å². The average molecular weight is 140 g/mol. The molecule has 3 atom stereocenters. The lowest BCUT2D eigenvalue weighted by atomic mass is 10.5. The lowest BCUT2D eigenvalue weighted by Gasteiger charge is -1.98. The Kier molecular flexibility index (Phi) is 5.41. The van der Waals surface area contributed by atoms with Crippen molar-refractivity contribution in [3.63, 3.8) is 0 Å². The molecule has 0 saturated carbocycles. The maximum atomic E-state index is 2.77. The molecule has 0 N–H and O–H groups in total. The maximum absolute atomic E-state index is 2.77. The fourth-order valence-corrected chi connectivity index (χ4v) is 0.866. The summed E-state index contributed by atoms with van der Waals surface area (Å²) in [5.41, 5.74) is 0.778. The zero-order valence-electron chi connectivity index (χ0n) is 3.72. The predicted molar refractivity (Wildman–Crippen MR) is 42.7 cm³/mol. The first kappa shape index (κ1) is 7.29. The van der Waals surface area contributed by atoms with Crippen LogP contribution in [0.5, 0.6) is 0 Å². The molecular weight excluding hydrogens is 129 g/mol. The van der Waals surface area contributed by atoms with Crippen LogP contribution in [0.1, 0.15) is 0 Å². The first-order valence-corrected chi connectivity index (χ1v) is 4.27. The molecule has 0 aromatic rings. The molecular formula is C3H11P3. The van der Waals surface area contributed by atoms with Gasteiger partial charge in [-0.3, -0.25) is 0 Å². The van der Waals surface area contributed by atoms with E-state index >= 15 is 0 Å². The third-order valence-electron chi connectivity index (χ3n) is 0.605. The summed E-state index contributed by atoms with van der Waals surface area (Å²) in [6.45, 7) is 0. The zero-order chi connectivity index (χ0) is 4.99. The normalized spacial score (nSPS) is 10.0. The van der Waals surface area contributed by atoms with Gasteiger partial charge >= 0.3 is 0 Å². The highest BCUT2D eigenvalue weighted by Gasteiger charge is 1.89. The molecule has 0 aliphatic carbocycles. The topological polar surface area (TPSA) is 0 Å². The van der Waals surface area contributed by atoms with Crippen molar-refractivity contribution in [1.29, 1.82) is 0 Å². The number of hydrogen-bond acceptors (Lipinski definition) is 0. The standard InChI is InChI=1S/C3H11P3/c4-1-3(6)2-5/h3H,1-2,4-6H2. The van der Waals surface area contributed by atoms with Gasteiger partial charge in [0.05, 0.1) is 0 Å². The third kappa shape index (κ3) is 3.48. The van der Waals surface area contributed by atoms with Crippen LogP contribution in [-0.4, -0.2) is 18.0 Å². The van der Waals surface area contributed by atoms with E-state index in [0.29, 0.717) is 0 Å². The smallest absolute Gasteiger partial charge is 0.0195 e. The quantitative estimate of drug-likeness (QED) is 0.501. The van der Waals surface area contributed by atoms with Crippen LogP contribution in [0.4, 0.5) is 0 Å². The molecule has 6 heavy (non-hydrogen) atoms. The van der Waals surface area contributed by atoms with E-state index in [1.807, 2.05) is 0 Å². The van der Waals surface area contributed by atoms with Gasteiger partial charge in [-0.25, -0.2) is 0 Å². The summed E-state index contributed by atoms with van der Waals surface area (Å²) in [6.07, 6.45) is 2.38. The molecule has 0 bridgehead atoms. The molecule has 3 heteroatoms. The fraction of sp³-hybridized carbons (Fsp3) is 1.00. The van der Waals surface area contributed by atoms with E-state index in [0.717, 1.165) is 5.66 Å². The third-order valence-corrected chi connectivity index (χ3v) is 3.45. The summed E-state index contributed by atoms with van der Waals surface area (Å²) in [5.74, 6) is 0. The highest BCUT2D eigenvalue weighted by atomic mass is 31.0. The molecule has 0 heterocycles. The second kappa shape index (κ2) is 4.45. The van der Waals surface area contributed by atoms with Crippen LogP contribution >= 0.6 is 27.7 Å². The van der Waals surface area contributed by atoms with E-state index in [4.69, 9.17) is 0 Å². The van der Waals surface area contributed by atoms with Crippen LogP contribution in [0.25, 0.3) is 0 Å². The molecule has 0 spiro atoms. The van der Waals surface area contributed by atoms with Gasteiger partial charge in [-0.2, -0.15) is 0 Å². The molecule has 0 aromatic heterocycles. The molecule has 0 aliphatic heterocycles. The van der Waals surface area contributed by atoms with E-state index in [-0.39, 0.29) is 0 Å². The van der Waals surface area contributed by atoms with Crippen LogP contribution in [0.2, 0.25) is 0 Å².